The molecule has 0 saturated carbocycles. The minimum Gasteiger partial charge on any atom is -0.481 e. The van der Waals surface area contributed by atoms with Crippen molar-refractivity contribution in [3.8, 4) is 11.3 Å². The number of hydrogen-bond acceptors (Lipinski definition) is 3. The molecule has 0 spiro atoms. The summed E-state index contributed by atoms with van der Waals surface area (Å²) in [5, 5.41) is 8.98. The number of carbonyl (C=O) groups excluding carboxylic acids is 1. The number of aliphatic carboxylic acids is 1. The first-order chi connectivity index (χ1) is 11.1. The van der Waals surface area contributed by atoms with E-state index in [1.54, 1.807) is 4.90 Å². The van der Waals surface area contributed by atoms with Crippen LogP contribution in [0.25, 0.3) is 11.3 Å². The van der Waals surface area contributed by atoms with Crippen molar-refractivity contribution in [2.24, 2.45) is 5.92 Å². The van der Waals surface area contributed by atoms with Crippen LogP contribution in [0.15, 0.2) is 46.9 Å². The van der Waals surface area contributed by atoms with Crippen LogP contribution in [-0.2, 0) is 16.0 Å². The van der Waals surface area contributed by atoms with E-state index >= 15 is 0 Å². The second-order valence-electron chi connectivity index (χ2n) is 5.80. The number of aryl methyl sites for hydroxylation is 1. The lowest BCUT2D eigenvalue weighted by atomic mass is 10.1. The molecule has 1 unspecified atom stereocenters. The van der Waals surface area contributed by atoms with Crippen LogP contribution >= 0.6 is 12.4 Å². The number of amides is 1. The second kappa shape index (κ2) is 8.02. The van der Waals surface area contributed by atoms with Crippen LogP contribution in [0.2, 0.25) is 0 Å². The number of carboxylic acids is 1. The highest BCUT2D eigenvalue weighted by Gasteiger charge is 2.30. The zero-order valence-corrected chi connectivity index (χ0v) is 14.0. The van der Waals surface area contributed by atoms with E-state index in [0.29, 0.717) is 32.4 Å². The summed E-state index contributed by atoms with van der Waals surface area (Å²) in [6.07, 6.45) is 1.41. The molecule has 1 fully saturated rings. The molecule has 1 aliphatic heterocycles. The first kappa shape index (κ1) is 18.1. The van der Waals surface area contributed by atoms with Gasteiger partial charge in [0.15, 0.2) is 0 Å². The molecule has 0 radical (unpaired) electrons. The van der Waals surface area contributed by atoms with E-state index in [0.717, 1.165) is 17.1 Å². The molecule has 1 atom stereocenters. The van der Waals surface area contributed by atoms with Crippen molar-refractivity contribution in [2.45, 2.75) is 19.3 Å². The van der Waals surface area contributed by atoms with Crippen LogP contribution in [0.4, 0.5) is 0 Å². The Morgan fingerprint density at radius 1 is 1.17 bits per heavy atom. The molecule has 0 aliphatic carbocycles. The Hall–Kier alpha value is -2.27. The van der Waals surface area contributed by atoms with Crippen LogP contribution in [0, 0.1) is 5.92 Å². The van der Waals surface area contributed by atoms with Gasteiger partial charge in [0, 0.05) is 31.5 Å². The Bertz CT molecular complexity index is 698. The Kier molecular flexibility index (Phi) is 6.04. The molecule has 2 heterocycles. The molecule has 24 heavy (non-hydrogen) atoms. The number of benzene rings is 1. The highest BCUT2D eigenvalue weighted by Crippen LogP contribution is 2.23. The van der Waals surface area contributed by atoms with E-state index in [2.05, 4.69) is 0 Å². The van der Waals surface area contributed by atoms with Crippen LogP contribution < -0.4 is 0 Å². The largest absolute Gasteiger partial charge is 0.481 e. The number of carboxylic acid groups (broad SMARTS) is 1. The van der Waals surface area contributed by atoms with Gasteiger partial charge in [-0.2, -0.15) is 0 Å². The molecule has 0 bridgehead atoms. The van der Waals surface area contributed by atoms with Crippen molar-refractivity contribution >= 4 is 24.3 Å². The van der Waals surface area contributed by atoms with Gasteiger partial charge in [0.1, 0.15) is 11.5 Å². The highest BCUT2D eigenvalue weighted by molar-refractivity contribution is 5.85. The predicted molar refractivity (Wildman–Crippen MR) is 92.0 cm³/mol. The van der Waals surface area contributed by atoms with Gasteiger partial charge in [-0.05, 0) is 18.6 Å². The van der Waals surface area contributed by atoms with E-state index < -0.39 is 11.9 Å². The molecule has 1 aromatic heterocycles. The van der Waals surface area contributed by atoms with E-state index in [-0.39, 0.29) is 18.3 Å². The van der Waals surface area contributed by atoms with Crippen LogP contribution in [-0.4, -0.2) is 35.0 Å². The molecule has 3 rings (SSSR count). The number of rotatable bonds is 5. The summed E-state index contributed by atoms with van der Waals surface area (Å²) >= 11 is 0. The van der Waals surface area contributed by atoms with Crippen molar-refractivity contribution in [3.05, 3.63) is 48.2 Å². The average molecular weight is 350 g/mol. The first-order valence-corrected chi connectivity index (χ1v) is 7.78. The van der Waals surface area contributed by atoms with Gasteiger partial charge in [0.2, 0.25) is 5.91 Å². The smallest absolute Gasteiger partial charge is 0.308 e. The molecular weight excluding hydrogens is 330 g/mol. The van der Waals surface area contributed by atoms with Gasteiger partial charge < -0.3 is 14.4 Å². The fourth-order valence-electron chi connectivity index (χ4n) is 2.85. The number of furan rings is 1. The van der Waals surface area contributed by atoms with Gasteiger partial charge in [-0.3, -0.25) is 9.59 Å². The SMILES string of the molecule is Cl.O=C(O)C1CCN(C(=O)CCc2ccc(-c3ccccc3)o2)C1. The summed E-state index contributed by atoms with van der Waals surface area (Å²) < 4.78 is 5.78. The summed E-state index contributed by atoms with van der Waals surface area (Å²) in [6, 6.07) is 13.6. The lowest BCUT2D eigenvalue weighted by Crippen LogP contribution is -2.30. The van der Waals surface area contributed by atoms with Crippen molar-refractivity contribution in [1.82, 2.24) is 4.90 Å². The number of halogens is 1. The first-order valence-electron chi connectivity index (χ1n) is 7.78. The number of likely N-dealkylation sites (tertiary alicyclic amines) is 1. The van der Waals surface area contributed by atoms with E-state index in [1.807, 2.05) is 42.5 Å². The third-order valence-electron chi connectivity index (χ3n) is 4.20. The molecule has 1 N–H and O–H groups in total. The van der Waals surface area contributed by atoms with Crippen molar-refractivity contribution in [3.63, 3.8) is 0 Å². The lowest BCUT2D eigenvalue weighted by molar-refractivity contribution is -0.141. The standard InChI is InChI=1S/C18H19NO4.ClH/c20-17(19-11-10-14(12-19)18(21)22)9-7-15-6-8-16(23-15)13-4-2-1-3-5-13;/h1-6,8,14H,7,9-12H2,(H,21,22);1H. The summed E-state index contributed by atoms with van der Waals surface area (Å²) in [4.78, 5) is 24.7. The maximum atomic E-state index is 12.2. The molecule has 6 heteroatoms. The van der Waals surface area contributed by atoms with Gasteiger partial charge in [-0.25, -0.2) is 0 Å². The number of hydrogen-bond donors (Lipinski definition) is 1. The fraction of sp³-hybridized carbons (Fsp3) is 0.333. The second-order valence-corrected chi connectivity index (χ2v) is 5.80. The zero-order valence-electron chi connectivity index (χ0n) is 13.2. The maximum absolute atomic E-state index is 12.2. The van der Waals surface area contributed by atoms with Gasteiger partial charge in [0.25, 0.3) is 0 Å². The maximum Gasteiger partial charge on any atom is 0.308 e. The highest BCUT2D eigenvalue weighted by atomic mass is 35.5. The molecule has 5 nitrogen and oxygen atoms in total. The number of nitrogens with zero attached hydrogens (tertiary/aromatic N) is 1. The summed E-state index contributed by atoms with van der Waals surface area (Å²) in [5.74, 6) is 0.309. The zero-order chi connectivity index (χ0) is 16.2. The normalized spacial score (nSPS) is 16.7. The van der Waals surface area contributed by atoms with Crippen LogP contribution in [0.3, 0.4) is 0 Å². The Labute approximate surface area is 146 Å². The van der Waals surface area contributed by atoms with Gasteiger partial charge in [-0.1, -0.05) is 30.3 Å². The van der Waals surface area contributed by atoms with Crippen molar-refractivity contribution in [2.75, 3.05) is 13.1 Å². The Morgan fingerprint density at radius 2 is 1.92 bits per heavy atom. The van der Waals surface area contributed by atoms with Gasteiger partial charge in [0.05, 0.1) is 5.92 Å². The van der Waals surface area contributed by atoms with Crippen molar-refractivity contribution < 1.29 is 19.1 Å². The molecule has 2 aromatic rings. The third-order valence-corrected chi connectivity index (χ3v) is 4.20. The number of carbonyl (C=O) groups is 2. The Morgan fingerprint density at radius 3 is 2.58 bits per heavy atom. The molecule has 1 amide bonds. The Balaban J connectivity index is 0.00000208. The van der Waals surface area contributed by atoms with E-state index in [9.17, 15) is 9.59 Å². The predicted octanol–water partition coefficient (Wildman–Crippen LogP) is 3.23. The average Bonchev–Trinajstić information content (AvgIpc) is 3.23. The van der Waals surface area contributed by atoms with Crippen molar-refractivity contribution in [1.29, 1.82) is 0 Å². The summed E-state index contributed by atoms with van der Waals surface area (Å²) in [7, 11) is 0. The monoisotopic (exact) mass is 349 g/mol. The summed E-state index contributed by atoms with van der Waals surface area (Å²) in [5.41, 5.74) is 1.01. The molecule has 1 aliphatic rings. The quantitative estimate of drug-likeness (QED) is 0.899. The van der Waals surface area contributed by atoms with E-state index in [4.69, 9.17) is 9.52 Å². The van der Waals surface area contributed by atoms with Crippen LogP contribution in [0.5, 0.6) is 0 Å². The molecule has 1 aromatic carbocycles. The third kappa shape index (κ3) is 4.17. The van der Waals surface area contributed by atoms with E-state index in [1.165, 1.54) is 0 Å². The minimum atomic E-state index is -0.821. The van der Waals surface area contributed by atoms with Crippen LogP contribution in [0.1, 0.15) is 18.6 Å². The molecule has 128 valence electrons. The lowest BCUT2D eigenvalue weighted by Gasteiger charge is -2.15. The van der Waals surface area contributed by atoms with Gasteiger partial charge in [-0.15, -0.1) is 12.4 Å². The molecule has 1 saturated heterocycles. The minimum absolute atomic E-state index is 0. The summed E-state index contributed by atoms with van der Waals surface area (Å²) in [6.45, 7) is 0.852. The van der Waals surface area contributed by atoms with Gasteiger partial charge >= 0.3 is 5.97 Å². The molecular formula is C18H20ClNO4. The topological polar surface area (TPSA) is 70.8 Å². The fourth-order valence-corrected chi connectivity index (χ4v) is 2.85.